The average molecular weight is 272 g/mol. The van der Waals surface area contributed by atoms with E-state index in [1.807, 2.05) is 41.8 Å². The van der Waals surface area contributed by atoms with E-state index in [1.165, 1.54) is 11.8 Å². The molecule has 2 aromatic heterocycles. The maximum absolute atomic E-state index is 9.02. The molecule has 0 saturated heterocycles. The van der Waals surface area contributed by atoms with E-state index in [9.17, 15) is 0 Å². The van der Waals surface area contributed by atoms with E-state index in [0.717, 1.165) is 27.0 Å². The third-order valence-corrected chi connectivity index (χ3v) is 3.77. The smallest absolute Gasteiger partial charge is 0.193 e. The highest BCUT2D eigenvalue weighted by Crippen LogP contribution is 2.28. The molecule has 0 unspecified atom stereocenters. The van der Waals surface area contributed by atoms with Crippen molar-refractivity contribution in [3.05, 3.63) is 48.0 Å². The summed E-state index contributed by atoms with van der Waals surface area (Å²) in [4.78, 5) is 5.40. The molecule has 0 amide bonds. The Morgan fingerprint density at radius 1 is 1.21 bits per heavy atom. The van der Waals surface area contributed by atoms with Crippen LogP contribution in [0.4, 0.5) is 0 Å². The van der Waals surface area contributed by atoms with Gasteiger partial charge in [-0.05, 0) is 24.6 Å². The summed E-state index contributed by atoms with van der Waals surface area (Å²) in [5.41, 5.74) is 1.66. The van der Waals surface area contributed by atoms with E-state index in [-0.39, 0.29) is 6.61 Å². The van der Waals surface area contributed by atoms with Crippen molar-refractivity contribution in [2.75, 3.05) is 0 Å². The fourth-order valence-electron chi connectivity index (χ4n) is 1.77. The van der Waals surface area contributed by atoms with Crippen molar-refractivity contribution in [1.29, 1.82) is 0 Å². The minimum absolute atomic E-state index is 0.0577. The van der Waals surface area contributed by atoms with Gasteiger partial charge in [0.05, 0.1) is 6.61 Å². The van der Waals surface area contributed by atoms with Gasteiger partial charge in [-0.15, -0.1) is 10.2 Å². The Hall–Kier alpha value is -1.92. The van der Waals surface area contributed by atoms with E-state index < -0.39 is 0 Å². The van der Waals surface area contributed by atoms with Crippen LogP contribution < -0.4 is 0 Å². The highest BCUT2D eigenvalue weighted by molar-refractivity contribution is 7.99. The average Bonchev–Trinajstić information content (AvgIpc) is 2.83. The summed E-state index contributed by atoms with van der Waals surface area (Å²) in [5.74, 6) is 0.842. The van der Waals surface area contributed by atoms with E-state index in [4.69, 9.17) is 5.11 Å². The second kappa shape index (κ2) is 4.99. The predicted octanol–water partition coefficient (Wildman–Crippen LogP) is 2.08. The molecule has 0 bridgehead atoms. The van der Waals surface area contributed by atoms with Gasteiger partial charge in [0, 0.05) is 17.3 Å². The Balaban J connectivity index is 1.96. The largest absolute Gasteiger partial charge is 0.392 e. The lowest BCUT2D eigenvalue weighted by Gasteiger charge is -2.03. The summed E-state index contributed by atoms with van der Waals surface area (Å²) in [5, 5.41) is 18.0. The zero-order valence-electron chi connectivity index (χ0n) is 10.3. The maximum Gasteiger partial charge on any atom is 0.193 e. The fourth-order valence-corrected chi connectivity index (χ4v) is 2.61. The zero-order valence-corrected chi connectivity index (χ0v) is 11.1. The molecule has 0 fully saturated rings. The first-order valence-electron chi connectivity index (χ1n) is 5.82. The van der Waals surface area contributed by atoms with Gasteiger partial charge < -0.3 is 5.11 Å². The van der Waals surface area contributed by atoms with Crippen molar-refractivity contribution >= 4 is 17.4 Å². The number of fused-ring (bicyclic) bond motifs is 1. The molecule has 0 aliphatic carbocycles. The number of aromatic nitrogens is 4. The molecule has 0 saturated carbocycles. The Morgan fingerprint density at radius 3 is 2.74 bits per heavy atom. The van der Waals surface area contributed by atoms with Crippen LogP contribution in [0.25, 0.3) is 5.65 Å². The lowest BCUT2D eigenvalue weighted by molar-refractivity contribution is 0.282. The van der Waals surface area contributed by atoms with Gasteiger partial charge in [-0.1, -0.05) is 23.9 Å². The molecule has 19 heavy (non-hydrogen) atoms. The molecule has 1 aromatic carbocycles. The monoisotopic (exact) mass is 272 g/mol. The number of aliphatic hydroxyl groups excluding tert-OH is 1. The van der Waals surface area contributed by atoms with Gasteiger partial charge in [0.25, 0.3) is 0 Å². The number of hydrogen-bond acceptors (Lipinski definition) is 5. The molecule has 0 radical (unpaired) electrons. The number of benzene rings is 1. The van der Waals surface area contributed by atoms with Crippen LogP contribution in [0, 0.1) is 6.92 Å². The van der Waals surface area contributed by atoms with E-state index in [0.29, 0.717) is 0 Å². The van der Waals surface area contributed by atoms with Gasteiger partial charge in [-0.3, -0.25) is 4.40 Å². The molecular weight excluding hydrogens is 260 g/mol. The summed E-state index contributed by atoms with van der Waals surface area (Å²) in [7, 11) is 0. The van der Waals surface area contributed by atoms with Crippen LogP contribution >= 0.6 is 11.8 Å². The minimum atomic E-state index is 0.0577. The van der Waals surface area contributed by atoms with Crippen molar-refractivity contribution in [2.24, 2.45) is 0 Å². The standard InChI is InChI=1S/C13H12N4OS/c1-9-15-16-12-13(14-6-7-17(9)12)19-11-4-2-10(8-18)3-5-11/h2-7,18H,8H2,1H3. The number of rotatable bonds is 3. The minimum Gasteiger partial charge on any atom is -0.392 e. The van der Waals surface area contributed by atoms with Crippen LogP contribution in [0.5, 0.6) is 0 Å². The van der Waals surface area contributed by atoms with Gasteiger partial charge in [0.1, 0.15) is 10.9 Å². The summed E-state index contributed by atoms with van der Waals surface area (Å²) in [6, 6.07) is 7.73. The Bertz CT molecular complexity index is 708. The molecule has 6 heteroatoms. The zero-order chi connectivity index (χ0) is 13.2. The lowest BCUT2D eigenvalue weighted by atomic mass is 10.2. The number of nitrogens with zero attached hydrogens (tertiary/aromatic N) is 4. The van der Waals surface area contributed by atoms with Crippen molar-refractivity contribution in [1.82, 2.24) is 19.6 Å². The van der Waals surface area contributed by atoms with Gasteiger partial charge in [0.15, 0.2) is 5.65 Å². The van der Waals surface area contributed by atoms with Crippen LogP contribution in [0.2, 0.25) is 0 Å². The molecule has 0 aliphatic rings. The van der Waals surface area contributed by atoms with Gasteiger partial charge >= 0.3 is 0 Å². The normalized spacial score (nSPS) is 11.1. The van der Waals surface area contributed by atoms with Crippen molar-refractivity contribution in [3.63, 3.8) is 0 Å². The molecule has 0 atom stereocenters. The van der Waals surface area contributed by atoms with Gasteiger partial charge in [-0.2, -0.15) is 0 Å². The highest BCUT2D eigenvalue weighted by Gasteiger charge is 2.09. The summed E-state index contributed by atoms with van der Waals surface area (Å²) in [6.45, 7) is 1.96. The topological polar surface area (TPSA) is 63.3 Å². The second-order valence-corrected chi connectivity index (χ2v) is 5.14. The molecule has 96 valence electrons. The number of aliphatic hydroxyl groups is 1. The second-order valence-electron chi connectivity index (χ2n) is 4.08. The molecular formula is C13H12N4OS. The maximum atomic E-state index is 9.02. The first kappa shape index (κ1) is 12.1. The van der Waals surface area contributed by atoms with Crippen molar-refractivity contribution in [2.45, 2.75) is 23.5 Å². The van der Waals surface area contributed by atoms with Crippen LogP contribution in [0.1, 0.15) is 11.4 Å². The summed E-state index contributed by atoms with van der Waals surface area (Å²) < 4.78 is 1.91. The SMILES string of the molecule is Cc1nnc2c(Sc3ccc(CO)cc3)nccn12. The first-order valence-corrected chi connectivity index (χ1v) is 6.63. The Kier molecular flexibility index (Phi) is 3.18. The fraction of sp³-hybridized carbons (Fsp3) is 0.154. The Labute approximate surface area is 114 Å². The molecule has 1 N–H and O–H groups in total. The van der Waals surface area contributed by atoms with Crippen LogP contribution in [-0.2, 0) is 6.61 Å². The summed E-state index contributed by atoms with van der Waals surface area (Å²) in [6.07, 6.45) is 3.59. The van der Waals surface area contributed by atoms with Crippen LogP contribution in [0.15, 0.2) is 46.6 Å². The number of hydrogen-bond donors (Lipinski definition) is 1. The van der Waals surface area contributed by atoms with Crippen molar-refractivity contribution in [3.8, 4) is 0 Å². The molecule has 0 aliphatic heterocycles. The van der Waals surface area contributed by atoms with Crippen LogP contribution in [-0.4, -0.2) is 24.7 Å². The van der Waals surface area contributed by atoms with E-state index in [1.54, 1.807) is 6.20 Å². The quantitative estimate of drug-likeness (QED) is 0.791. The first-order chi connectivity index (χ1) is 9.28. The van der Waals surface area contributed by atoms with Gasteiger partial charge in [-0.25, -0.2) is 4.98 Å². The Morgan fingerprint density at radius 2 is 2.00 bits per heavy atom. The molecule has 3 rings (SSSR count). The molecule has 0 spiro atoms. The molecule has 5 nitrogen and oxygen atoms in total. The third kappa shape index (κ3) is 2.32. The molecule has 2 heterocycles. The number of aryl methyl sites for hydroxylation is 1. The predicted molar refractivity (Wildman–Crippen MR) is 72.0 cm³/mol. The van der Waals surface area contributed by atoms with Gasteiger partial charge in [0.2, 0.25) is 0 Å². The van der Waals surface area contributed by atoms with Crippen molar-refractivity contribution < 1.29 is 5.11 Å². The highest BCUT2D eigenvalue weighted by atomic mass is 32.2. The van der Waals surface area contributed by atoms with E-state index >= 15 is 0 Å². The summed E-state index contributed by atoms with van der Waals surface area (Å²) >= 11 is 1.53. The van der Waals surface area contributed by atoms with Crippen LogP contribution in [0.3, 0.4) is 0 Å². The molecule has 3 aromatic rings. The lowest BCUT2D eigenvalue weighted by Crippen LogP contribution is -1.91. The third-order valence-electron chi connectivity index (χ3n) is 2.79. The van der Waals surface area contributed by atoms with E-state index in [2.05, 4.69) is 15.2 Å².